The molecule has 0 saturated heterocycles. The Morgan fingerprint density at radius 1 is 1.22 bits per heavy atom. The van der Waals surface area contributed by atoms with Crippen molar-refractivity contribution < 1.29 is 27.6 Å². The molecule has 130 valence electrons. The zero-order valence-corrected chi connectivity index (χ0v) is 14.8. The molecule has 0 aromatic heterocycles. The summed E-state index contributed by atoms with van der Waals surface area (Å²) in [6.45, 7) is 2.79. The minimum Gasteiger partial charge on any atom is -1.00 e. The standard InChI is InChI=1S/C19H29NO2.ClH/c1-15(19(22)17-10-6-3-7-11-17)20-13-12-18(21)14-16-8-4-2-5-9-16;/h3,6-7,10-11,15-16,19-20,22H,2,4-5,8-9,12-14H2,1H3;1H. The maximum Gasteiger partial charge on any atom is 0.138 e. The van der Waals surface area contributed by atoms with E-state index >= 15 is 0 Å². The molecule has 1 saturated carbocycles. The van der Waals surface area contributed by atoms with Crippen LogP contribution in [0.1, 0.15) is 63.5 Å². The van der Waals surface area contributed by atoms with Crippen molar-refractivity contribution in [2.24, 2.45) is 5.92 Å². The Morgan fingerprint density at radius 2 is 1.87 bits per heavy atom. The minimum atomic E-state index is -0.477. The highest BCUT2D eigenvalue weighted by molar-refractivity contribution is 5.78. The fraction of sp³-hybridized carbons (Fsp3) is 0.632. The summed E-state index contributed by atoms with van der Waals surface area (Å²) in [6.07, 6.45) is 7.32. The SMILES string of the molecule is CC([NH2+]CCC(=O)CC1CCCCC1)C(O)c1ccccc1.[Cl-]. The Bertz CT molecular complexity index is 446. The van der Waals surface area contributed by atoms with Crippen LogP contribution in [0.3, 0.4) is 0 Å². The number of hydrogen-bond donors (Lipinski definition) is 2. The molecule has 2 rings (SSSR count). The third kappa shape index (κ3) is 7.03. The van der Waals surface area contributed by atoms with Crippen LogP contribution in [-0.4, -0.2) is 23.5 Å². The molecule has 0 heterocycles. The Balaban J connectivity index is 0.00000264. The Morgan fingerprint density at radius 3 is 2.52 bits per heavy atom. The van der Waals surface area contributed by atoms with Crippen LogP contribution in [0.15, 0.2) is 30.3 Å². The van der Waals surface area contributed by atoms with E-state index in [2.05, 4.69) is 5.32 Å². The van der Waals surface area contributed by atoms with Crippen LogP contribution in [-0.2, 0) is 4.79 Å². The fourth-order valence-corrected chi connectivity index (χ4v) is 3.41. The highest BCUT2D eigenvalue weighted by Crippen LogP contribution is 2.26. The van der Waals surface area contributed by atoms with Gasteiger partial charge in [-0.1, -0.05) is 62.4 Å². The van der Waals surface area contributed by atoms with Crippen LogP contribution >= 0.6 is 0 Å². The van der Waals surface area contributed by atoms with E-state index in [0.29, 0.717) is 18.1 Å². The first kappa shape index (κ1) is 20.1. The van der Waals surface area contributed by atoms with Gasteiger partial charge >= 0.3 is 0 Å². The second-order valence-electron chi connectivity index (χ2n) is 6.74. The summed E-state index contributed by atoms with van der Waals surface area (Å²) in [5, 5.41) is 12.4. The number of carbonyl (C=O) groups is 1. The van der Waals surface area contributed by atoms with E-state index in [4.69, 9.17) is 0 Å². The van der Waals surface area contributed by atoms with Crippen molar-refractivity contribution in [3.8, 4) is 0 Å². The quantitative estimate of drug-likeness (QED) is 0.677. The van der Waals surface area contributed by atoms with Gasteiger partial charge in [0.25, 0.3) is 0 Å². The lowest BCUT2D eigenvalue weighted by atomic mass is 9.85. The van der Waals surface area contributed by atoms with Crippen LogP contribution in [0.2, 0.25) is 0 Å². The topological polar surface area (TPSA) is 53.9 Å². The minimum absolute atomic E-state index is 0. The zero-order valence-electron chi connectivity index (χ0n) is 14.1. The second kappa shape index (κ2) is 10.8. The molecule has 1 aromatic rings. The normalized spacial score (nSPS) is 18.0. The Labute approximate surface area is 146 Å². The number of ketones is 1. The van der Waals surface area contributed by atoms with E-state index in [-0.39, 0.29) is 18.4 Å². The summed E-state index contributed by atoms with van der Waals surface area (Å²) in [7, 11) is 0. The molecule has 3 nitrogen and oxygen atoms in total. The van der Waals surface area contributed by atoms with Crippen molar-refractivity contribution >= 4 is 5.78 Å². The first-order chi connectivity index (χ1) is 10.7. The summed E-state index contributed by atoms with van der Waals surface area (Å²) in [5.74, 6) is 1.03. The molecule has 3 N–H and O–H groups in total. The average Bonchev–Trinajstić information content (AvgIpc) is 2.55. The molecule has 1 aliphatic rings. The van der Waals surface area contributed by atoms with Crippen LogP contribution in [0, 0.1) is 5.92 Å². The summed E-state index contributed by atoms with van der Waals surface area (Å²) in [4.78, 5) is 12.1. The molecule has 1 aromatic carbocycles. The molecule has 0 radical (unpaired) electrons. The number of rotatable bonds is 8. The third-order valence-corrected chi connectivity index (χ3v) is 4.84. The Hall–Kier alpha value is -0.900. The molecule has 4 heteroatoms. The Kier molecular flexibility index (Phi) is 9.46. The van der Waals surface area contributed by atoms with Gasteiger partial charge in [-0.05, 0) is 18.4 Å². The molecule has 0 spiro atoms. The maximum absolute atomic E-state index is 12.1. The fourth-order valence-electron chi connectivity index (χ4n) is 3.41. The van der Waals surface area contributed by atoms with Gasteiger partial charge in [-0.15, -0.1) is 0 Å². The lowest BCUT2D eigenvalue weighted by molar-refractivity contribution is -0.693. The summed E-state index contributed by atoms with van der Waals surface area (Å²) < 4.78 is 0. The molecular formula is C19H30ClNO2. The number of nitrogens with two attached hydrogens (primary N) is 1. The van der Waals surface area contributed by atoms with Crippen LogP contribution in [0.25, 0.3) is 0 Å². The van der Waals surface area contributed by atoms with E-state index in [1.807, 2.05) is 37.3 Å². The number of halogens is 1. The molecule has 0 aliphatic heterocycles. The van der Waals surface area contributed by atoms with Gasteiger partial charge in [-0.3, -0.25) is 4.79 Å². The first-order valence-corrected chi connectivity index (χ1v) is 8.75. The van der Waals surface area contributed by atoms with Gasteiger partial charge in [0, 0.05) is 6.42 Å². The summed E-state index contributed by atoms with van der Waals surface area (Å²) in [6, 6.07) is 9.81. The van der Waals surface area contributed by atoms with Gasteiger partial charge in [0.2, 0.25) is 0 Å². The van der Waals surface area contributed by atoms with Gasteiger partial charge in [0.15, 0.2) is 0 Å². The van der Waals surface area contributed by atoms with Gasteiger partial charge in [-0.25, -0.2) is 0 Å². The number of carbonyl (C=O) groups excluding carboxylic acids is 1. The largest absolute Gasteiger partial charge is 1.00 e. The van der Waals surface area contributed by atoms with E-state index in [0.717, 1.165) is 18.5 Å². The van der Waals surface area contributed by atoms with E-state index in [1.165, 1.54) is 32.1 Å². The van der Waals surface area contributed by atoms with Crippen LogP contribution < -0.4 is 17.7 Å². The molecule has 0 bridgehead atoms. The van der Waals surface area contributed by atoms with Crippen LogP contribution in [0.4, 0.5) is 0 Å². The highest BCUT2D eigenvalue weighted by Gasteiger charge is 2.20. The summed E-state index contributed by atoms with van der Waals surface area (Å²) in [5.41, 5.74) is 0.944. The molecule has 23 heavy (non-hydrogen) atoms. The number of quaternary nitrogens is 1. The van der Waals surface area contributed by atoms with Crippen molar-refractivity contribution in [1.82, 2.24) is 0 Å². The van der Waals surface area contributed by atoms with Crippen molar-refractivity contribution in [3.63, 3.8) is 0 Å². The van der Waals surface area contributed by atoms with E-state index in [9.17, 15) is 9.90 Å². The highest BCUT2D eigenvalue weighted by atomic mass is 35.5. The second-order valence-corrected chi connectivity index (χ2v) is 6.74. The molecule has 1 aliphatic carbocycles. The molecule has 1 fully saturated rings. The van der Waals surface area contributed by atoms with E-state index in [1.54, 1.807) is 0 Å². The van der Waals surface area contributed by atoms with Gasteiger partial charge in [0.1, 0.15) is 17.9 Å². The summed E-state index contributed by atoms with van der Waals surface area (Å²) >= 11 is 0. The van der Waals surface area contributed by atoms with Crippen molar-refractivity contribution in [2.45, 2.75) is 64.0 Å². The number of hydrogen-bond acceptors (Lipinski definition) is 2. The number of aliphatic hydroxyl groups is 1. The number of Topliss-reactive ketones (excluding diaryl/α,β-unsaturated/α-hetero) is 1. The molecule has 2 unspecified atom stereocenters. The predicted octanol–water partition coefficient (Wildman–Crippen LogP) is -0.394. The zero-order chi connectivity index (χ0) is 15.8. The molecular weight excluding hydrogens is 310 g/mol. The lowest BCUT2D eigenvalue weighted by Gasteiger charge is -2.21. The molecule has 2 atom stereocenters. The van der Waals surface area contributed by atoms with Crippen molar-refractivity contribution in [3.05, 3.63) is 35.9 Å². The van der Waals surface area contributed by atoms with Crippen molar-refractivity contribution in [2.75, 3.05) is 6.54 Å². The van der Waals surface area contributed by atoms with Crippen molar-refractivity contribution in [1.29, 1.82) is 0 Å². The average molecular weight is 340 g/mol. The third-order valence-electron chi connectivity index (χ3n) is 4.84. The molecule has 0 amide bonds. The van der Waals surface area contributed by atoms with Gasteiger partial charge in [0.05, 0.1) is 13.0 Å². The first-order valence-electron chi connectivity index (χ1n) is 8.75. The predicted molar refractivity (Wildman–Crippen MR) is 88.5 cm³/mol. The van der Waals surface area contributed by atoms with Gasteiger partial charge in [-0.2, -0.15) is 0 Å². The number of benzene rings is 1. The lowest BCUT2D eigenvalue weighted by Crippen LogP contribution is -3.00. The maximum atomic E-state index is 12.1. The van der Waals surface area contributed by atoms with E-state index < -0.39 is 6.10 Å². The van der Waals surface area contributed by atoms with Crippen LogP contribution in [0.5, 0.6) is 0 Å². The van der Waals surface area contributed by atoms with Gasteiger partial charge < -0.3 is 22.8 Å². The number of aliphatic hydroxyl groups excluding tert-OH is 1. The monoisotopic (exact) mass is 339 g/mol. The smallest absolute Gasteiger partial charge is 0.138 e.